The predicted molar refractivity (Wildman–Crippen MR) is 114 cm³/mol. The maximum absolute atomic E-state index is 13.1. The van der Waals surface area contributed by atoms with Gasteiger partial charge in [-0.3, -0.25) is 9.59 Å². The molecule has 0 aromatic heterocycles. The third kappa shape index (κ3) is 5.13. The SMILES string of the molecule is CCN(CC)c1ccc(NC(=O)C2CCCN(C(=O)c3ccc(F)cc3)C2)cc1. The zero-order chi connectivity index (χ0) is 20.8. The molecule has 5 nitrogen and oxygen atoms in total. The quantitative estimate of drug-likeness (QED) is 0.796. The number of benzene rings is 2. The molecule has 1 saturated heterocycles. The normalized spacial score (nSPS) is 16.4. The van der Waals surface area contributed by atoms with Gasteiger partial charge in [-0.05, 0) is 75.2 Å². The molecule has 1 aliphatic heterocycles. The Labute approximate surface area is 171 Å². The van der Waals surface area contributed by atoms with Crippen LogP contribution in [0.1, 0.15) is 37.0 Å². The number of rotatable bonds is 6. The molecule has 29 heavy (non-hydrogen) atoms. The van der Waals surface area contributed by atoms with E-state index in [-0.39, 0.29) is 23.5 Å². The topological polar surface area (TPSA) is 52.7 Å². The minimum Gasteiger partial charge on any atom is -0.372 e. The summed E-state index contributed by atoms with van der Waals surface area (Å²) in [7, 11) is 0. The highest BCUT2D eigenvalue weighted by atomic mass is 19.1. The molecule has 0 radical (unpaired) electrons. The van der Waals surface area contributed by atoms with Crippen LogP contribution in [0.3, 0.4) is 0 Å². The maximum Gasteiger partial charge on any atom is 0.253 e. The van der Waals surface area contributed by atoms with E-state index in [0.29, 0.717) is 18.7 Å². The van der Waals surface area contributed by atoms with Gasteiger partial charge in [0.05, 0.1) is 5.92 Å². The second-order valence-corrected chi connectivity index (χ2v) is 7.31. The summed E-state index contributed by atoms with van der Waals surface area (Å²) in [6.07, 6.45) is 1.52. The largest absolute Gasteiger partial charge is 0.372 e. The standard InChI is InChI=1S/C23H28FN3O2/c1-3-26(4-2)21-13-11-20(12-14-21)25-22(28)18-6-5-15-27(16-18)23(29)17-7-9-19(24)10-8-17/h7-14,18H,3-6,15-16H2,1-2H3,(H,25,28). The Hall–Kier alpha value is -2.89. The summed E-state index contributed by atoms with van der Waals surface area (Å²) in [5.74, 6) is -0.858. The Balaban J connectivity index is 1.60. The monoisotopic (exact) mass is 397 g/mol. The number of halogens is 1. The highest BCUT2D eigenvalue weighted by Crippen LogP contribution is 2.22. The van der Waals surface area contributed by atoms with Crippen LogP contribution in [0, 0.1) is 11.7 Å². The van der Waals surface area contributed by atoms with Gasteiger partial charge in [0.25, 0.3) is 5.91 Å². The first-order chi connectivity index (χ1) is 14.0. The molecule has 6 heteroatoms. The van der Waals surface area contributed by atoms with Crippen molar-refractivity contribution in [3.8, 4) is 0 Å². The van der Waals surface area contributed by atoms with E-state index in [1.165, 1.54) is 24.3 Å². The van der Waals surface area contributed by atoms with Crippen molar-refractivity contribution in [1.29, 1.82) is 0 Å². The van der Waals surface area contributed by atoms with Crippen molar-refractivity contribution in [2.45, 2.75) is 26.7 Å². The van der Waals surface area contributed by atoms with Gasteiger partial charge in [0.2, 0.25) is 5.91 Å². The van der Waals surface area contributed by atoms with Gasteiger partial charge in [0.1, 0.15) is 5.82 Å². The number of carbonyl (C=O) groups excluding carboxylic acids is 2. The second-order valence-electron chi connectivity index (χ2n) is 7.31. The highest BCUT2D eigenvalue weighted by Gasteiger charge is 2.29. The Kier molecular flexibility index (Phi) is 6.86. The highest BCUT2D eigenvalue weighted by molar-refractivity contribution is 5.96. The molecule has 1 aliphatic rings. The zero-order valence-electron chi connectivity index (χ0n) is 17.0. The Morgan fingerprint density at radius 2 is 1.72 bits per heavy atom. The van der Waals surface area contributed by atoms with Crippen LogP contribution in [0.15, 0.2) is 48.5 Å². The van der Waals surface area contributed by atoms with E-state index in [4.69, 9.17) is 0 Å². The fourth-order valence-corrected chi connectivity index (χ4v) is 3.74. The lowest BCUT2D eigenvalue weighted by molar-refractivity contribution is -0.121. The minimum atomic E-state index is -0.371. The van der Waals surface area contributed by atoms with Crippen LogP contribution in [0.2, 0.25) is 0 Å². The molecule has 154 valence electrons. The van der Waals surface area contributed by atoms with Crippen LogP contribution in [-0.4, -0.2) is 42.9 Å². The predicted octanol–water partition coefficient (Wildman–Crippen LogP) is 4.16. The van der Waals surface area contributed by atoms with Crippen LogP contribution < -0.4 is 10.2 Å². The molecule has 0 aliphatic carbocycles. The first-order valence-corrected chi connectivity index (χ1v) is 10.2. The Bertz CT molecular complexity index is 832. The van der Waals surface area contributed by atoms with Crippen LogP contribution >= 0.6 is 0 Å². The van der Waals surface area contributed by atoms with Crippen molar-refractivity contribution in [2.75, 3.05) is 36.4 Å². The summed E-state index contributed by atoms with van der Waals surface area (Å²) < 4.78 is 13.1. The van der Waals surface area contributed by atoms with E-state index < -0.39 is 0 Å². The first-order valence-electron chi connectivity index (χ1n) is 10.2. The number of hydrogen-bond donors (Lipinski definition) is 1. The van der Waals surface area contributed by atoms with Gasteiger partial charge < -0.3 is 15.1 Å². The molecular weight excluding hydrogens is 369 g/mol. The van der Waals surface area contributed by atoms with Gasteiger partial charge in [-0.1, -0.05) is 0 Å². The summed E-state index contributed by atoms with van der Waals surface area (Å²) in [6, 6.07) is 13.4. The maximum atomic E-state index is 13.1. The van der Waals surface area contributed by atoms with Gasteiger partial charge in [-0.2, -0.15) is 0 Å². The van der Waals surface area contributed by atoms with Crippen molar-refractivity contribution < 1.29 is 14.0 Å². The molecule has 0 bridgehead atoms. The average molecular weight is 397 g/mol. The molecule has 0 spiro atoms. The minimum absolute atomic E-state index is 0.0720. The number of nitrogens with zero attached hydrogens (tertiary/aromatic N) is 2. The van der Waals surface area contributed by atoms with Crippen molar-refractivity contribution in [3.05, 3.63) is 59.9 Å². The van der Waals surface area contributed by atoms with Gasteiger partial charge in [0, 0.05) is 43.1 Å². The summed E-state index contributed by atoms with van der Waals surface area (Å²) in [6.45, 7) is 7.07. The van der Waals surface area contributed by atoms with Crippen LogP contribution in [0.4, 0.5) is 15.8 Å². The number of anilines is 2. The van der Waals surface area contributed by atoms with Gasteiger partial charge in [-0.15, -0.1) is 0 Å². The lowest BCUT2D eigenvalue weighted by Gasteiger charge is -2.32. The number of carbonyl (C=O) groups is 2. The van der Waals surface area contributed by atoms with Gasteiger partial charge >= 0.3 is 0 Å². The van der Waals surface area contributed by atoms with Crippen molar-refractivity contribution in [2.24, 2.45) is 5.92 Å². The number of hydrogen-bond acceptors (Lipinski definition) is 3. The molecule has 1 atom stereocenters. The molecule has 1 fully saturated rings. The second kappa shape index (κ2) is 9.54. The van der Waals surface area contributed by atoms with E-state index in [0.717, 1.165) is 37.3 Å². The molecule has 1 unspecified atom stereocenters. The van der Waals surface area contributed by atoms with Crippen molar-refractivity contribution in [1.82, 2.24) is 4.90 Å². The third-order valence-electron chi connectivity index (χ3n) is 5.43. The average Bonchev–Trinajstić information content (AvgIpc) is 2.76. The fraction of sp³-hybridized carbons (Fsp3) is 0.391. The summed E-state index contributed by atoms with van der Waals surface area (Å²) in [4.78, 5) is 29.3. The van der Waals surface area contributed by atoms with Crippen LogP contribution in [0.5, 0.6) is 0 Å². The zero-order valence-corrected chi connectivity index (χ0v) is 17.0. The van der Waals surface area contributed by atoms with Gasteiger partial charge in [-0.25, -0.2) is 4.39 Å². The molecule has 1 heterocycles. The molecular formula is C23H28FN3O2. The molecule has 0 saturated carbocycles. The van der Waals surface area contributed by atoms with E-state index >= 15 is 0 Å². The first kappa shape index (κ1) is 20.8. The number of piperidine rings is 1. The van der Waals surface area contributed by atoms with E-state index in [2.05, 4.69) is 24.1 Å². The van der Waals surface area contributed by atoms with E-state index in [9.17, 15) is 14.0 Å². The number of likely N-dealkylation sites (tertiary alicyclic amines) is 1. The lowest BCUT2D eigenvalue weighted by Crippen LogP contribution is -2.43. The molecule has 2 amide bonds. The fourth-order valence-electron chi connectivity index (χ4n) is 3.74. The number of amides is 2. The Morgan fingerprint density at radius 1 is 1.07 bits per heavy atom. The third-order valence-corrected chi connectivity index (χ3v) is 5.43. The van der Waals surface area contributed by atoms with Crippen LogP contribution in [-0.2, 0) is 4.79 Å². The van der Waals surface area contributed by atoms with Gasteiger partial charge in [0.15, 0.2) is 0 Å². The van der Waals surface area contributed by atoms with E-state index in [1.807, 2.05) is 24.3 Å². The molecule has 3 rings (SSSR count). The summed E-state index contributed by atoms with van der Waals surface area (Å²) in [5.41, 5.74) is 2.33. The molecule has 2 aromatic rings. The van der Waals surface area contributed by atoms with Crippen molar-refractivity contribution in [3.63, 3.8) is 0 Å². The lowest BCUT2D eigenvalue weighted by atomic mass is 9.96. The number of nitrogens with one attached hydrogen (secondary N) is 1. The summed E-state index contributed by atoms with van der Waals surface area (Å²) >= 11 is 0. The Morgan fingerprint density at radius 3 is 2.34 bits per heavy atom. The van der Waals surface area contributed by atoms with Crippen molar-refractivity contribution >= 4 is 23.2 Å². The molecule has 1 N–H and O–H groups in total. The van der Waals surface area contributed by atoms with Crippen LogP contribution in [0.25, 0.3) is 0 Å². The smallest absolute Gasteiger partial charge is 0.253 e. The molecule has 2 aromatic carbocycles. The van der Waals surface area contributed by atoms with E-state index in [1.54, 1.807) is 4.90 Å². The summed E-state index contributed by atoms with van der Waals surface area (Å²) in [5, 5.41) is 2.98.